The van der Waals surface area contributed by atoms with Gasteiger partial charge in [0.05, 0.1) is 17.9 Å². The van der Waals surface area contributed by atoms with E-state index >= 15 is 0 Å². The minimum Gasteiger partial charge on any atom is -0.353 e. The van der Waals surface area contributed by atoms with Gasteiger partial charge in [0.2, 0.25) is 5.95 Å². The molecule has 5 rings (SSSR count). The molecular weight excluding hydrogens is 396 g/mol. The highest BCUT2D eigenvalue weighted by atomic mass is 16.1. The number of aryl methyl sites for hydroxylation is 1. The van der Waals surface area contributed by atoms with E-state index in [1.807, 2.05) is 12.1 Å². The molecule has 4 aromatic rings. The average molecular weight is 418 g/mol. The molecule has 0 atom stereocenters. The van der Waals surface area contributed by atoms with Crippen LogP contribution >= 0.6 is 0 Å². The predicted octanol–water partition coefficient (Wildman–Crippen LogP) is 1.87. The van der Waals surface area contributed by atoms with Crippen LogP contribution in [0.15, 0.2) is 52.4 Å². The van der Waals surface area contributed by atoms with Gasteiger partial charge in [0.25, 0.3) is 11.1 Å². The molecule has 0 saturated heterocycles. The molecule has 1 aliphatic carbocycles. The van der Waals surface area contributed by atoms with Gasteiger partial charge in [-0.1, -0.05) is 0 Å². The highest BCUT2D eigenvalue weighted by Crippen LogP contribution is 2.29. The third kappa shape index (κ3) is 3.72. The van der Waals surface area contributed by atoms with Crippen molar-refractivity contribution in [2.45, 2.75) is 37.8 Å². The summed E-state index contributed by atoms with van der Waals surface area (Å²) in [6.45, 7) is 0. The Morgan fingerprint density at radius 1 is 1.06 bits per heavy atom. The maximum atomic E-state index is 12.5. The number of nitrogens with zero attached hydrogens (tertiary/aromatic N) is 6. The van der Waals surface area contributed by atoms with Crippen LogP contribution in [0.2, 0.25) is 0 Å². The molecule has 1 aliphatic rings. The molecule has 0 aromatic carbocycles. The summed E-state index contributed by atoms with van der Waals surface area (Å²) >= 11 is 0. The van der Waals surface area contributed by atoms with Gasteiger partial charge < -0.3 is 5.32 Å². The van der Waals surface area contributed by atoms with E-state index in [4.69, 9.17) is 0 Å². The Hall–Kier alpha value is -3.82. The van der Waals surface area contributed by atoms with E-state index in [9.17, 15) is 9.59 Å². The lowest BCUT2D eigenvalue weighted by Gasteiger charge is -2.29. The number of nitrogens with one attached hydrogen (secondary N) is 2. The lowest BCUT2D eigenvalue weighted by Crippen LogP contribution is -2.33. The quantitative estimate of drug-likeness (QED) is 0.518. The first kappa shape index (κ1) is 19.2. The fraction of sp³-hybridized carbons (Fsp3) is 0.333. The molecule has 0 aliphatic heterocycles. The van der Waals surface area contributed by atoms with Crippen LogP contribution in [0.3, 0.4) is 0 Å². The third-order valence-electron chi connectivity index (χ3n) is 5.79. The lowest BCUT2D eigenvalue weighted by atomic mass is 9.91. The zero-order chi connectivity index (χ0) is 21.4. The van der Waals surface area contributed by atoms with E-state index in [2.05, 4.69) is 30.5 Å². The summed E-state index contributed by atoms with van der Waals surface area (Å²) in [5.74, 6) is 0.444. The average Bonchev–Trinajstić information content (AvgIpc) is 3.17. The number of hydrogen-bond donors (Lipinski definition) is 2. The Morgan fingerprint density at radius 3 is 2.61 bits per heavy atom. The molecule has 1 saturated carbocycles. The molecule has 2 N–H and O–H groups in total. The van der Waals surface area contributed by atoms with Crippen LogP contribution in [-0.2, 0) is 7.05 Å². The molecule has 31 heavy (non-hydrogen) atoms. The minimum absolute atomic E-state index is 0.0406. The number of pyridine rings is 1. The Labute approximate surface area is 177 Å². The smallest absolute Gasteiger partial charge is 0.267 e. The highest BCUT2D eigenvalue weighted by Gasteiger charge is 2.24. The summed E-state index contributed by atoms with van der Waals surface area (Å²) in [7, 11) is 1.76. The van der Waals surface area contributed by atoms with Gasteiger partial charge >= 0.3 is 0 Å². The van der Waals surface area contributed by atoms with Crippen molar-refractivity contribution in [3.8, 4) is 11.3 Å². The number of fused-ring (bicyclic) bond motifs is 1. The second-order valence-electron chi connectivity index (χ2n) is 7.81. The fourth-order valence-corrected chi connectivity index (χ4v) is 4.12. The van der Waals surface area contributed by atoms with E-state index in [1.165, 1.54) is 6.20 Å². The molecule has 4 heterocycles. The molecule has 10 heteroatoms. The minimum atomic E-state index is -0.210. The van der Waals surface area contributed by atoms with Gasteiger partial charge in [-0.2, -0.15) is 15.2 Å². The molecule has 10 nitrogen and oxygen atoms in total. The van der Waals surface area contributed by atoms with Crippen LogP contribution in [0.25, 0.3) is 22.3 Å². The molecule has 4 aromatic heterocycles. The molecular formula is C21H22N8O2. The van der Waals surface area contributed by atoms with Crippen LogP contribution in [0, 0.1) is 0 Å². The summed E-state index contributed by atoms with van der Waals surface area (Å²) in [5, 5.41) is 12.5. The van der Waals surface area contributed by atoms with Crippen molar-refractivity contribution >= 4 is 17.0 Å². The number of aromatic nitrogens is 7. The molecule has 0 amide bonds. The number of aromatic amines is 1. The van der Waals surface area contributed by atoms with Crippen LogP contribution in [0.5, 0.6) is 0 Å². The van der Waals surface area contributed by atoms with Gasteiger partial charge in [0.1, 0.15) is 5.39 Å². The number of rotatable bonds is 4. The van der Waals surface area contributed by atoms with Crippen molar-refractivity contribution in [1.29, 1.82) is 0 Å². The SMILES string of the molecule is Cn1ncc2c(=O)[nH]c(NC3CCC(n4nc(-c5ccncc5)ccc4=O)CC3)nc21. The van der Waals surface area contributed by atoms with Gasteiger partial charge in [-0.15, -0.1) is 0 Å². The standard InChI is InChI=1S/C21H22N8O2/c1-28-19-16(12-23-28)20(31)26-21(25-19)24-14-2-4-15(5-3-14)29-18(30)7-6-17(27-29)13-8-10-22-11-9-13/h6-12,14-15H,2-5H2,1H3,(H2,24,25,26,31). The van der Waals surface area contributed by atoms with Gasteiger partial charge in [-0.25, -0.2) is 4.68 Å². The Bertz CT molecular complexity index is 1330. The Kier molecular flexibility index (Phi) is 4.81. The summed E-state index contributed by atoms with van der Waals surface area (Å²) in [6.07, 6.45) is 8.23. The second-order valence-corrected chi connectivity index (χ2v) is 7.81. The van der Waals surface area contributed by atoms with E-state index in [-0.39, 0.29) is 23.2 Å². The maximum Gasteiger partial charge on any atom is 0.267 e. The number of anilines is 1. The van der Waals surface area contributed by atoms with Gasteiger partial charge in [-0.05, 0) is 43.9 Å². The highest BCUT2D eigenvalue weighted by molar-refractivity contribution is 5.74. The van der Waals surface area contributed by atoms with Gasteiger partial charge in [-0.3, -0.25) is 24.2 Å². The summed E-state index contributed by atoms with van der Waals surface area (Å²) in [5.41, 5.74) is 1.93. The first-order chi connectivity index (χ1) is 15.1. The number of H-pyrrole nitrogens is 1. The van der Waals surface area contributed by atoms with Crippen molar-refractivity contribution in [2.24, 2.45) is 7.05 Å². The fourth-order valence-electron chi connectivity index (χ4n) is 4.12. The first-order valence-electron chi connectivity index (χ1n) is 10.3. The first-order valence-corrected chi connectivity index (χ1v) is 10.3. The Morgan fingerprint density at radius 2 is 1.84 bits per heavy atom. The zero-order valence-corrected chi connectivity index (χ0v) is 17.0. The molecule has 0 spiro atoms. The van der Waals surface area contributed by atoms with Crippen molar-refractivity contribution in [1.82, 2.24) is 34.5 Å². The zero-order valence-electron chi connectivity index (χ0n) is 17.0. The summed E-state index contributed by atoms with van der Waals surface area (Å²) in [4.78, 5) is 36.0. The second kappa shape index (κ2) is 7.78. The summed E-state index contributed by atoms with van der Waals surface area (Å²) in [6, 6.07) is 7.28. The van der Waals surface area contributed by atoms with E-state index in [0.29, 0.717) is 17.0 Å². The Balaban J connectivity index is 1.30. The lowest BCUT2D eigenvalue weighted by molar-refractivity contribution is 0.304. The van der Waals surface area contributed by atoms with E-state index < -0.39 is 0 Å². The van der Waals surface area contributed by atoms with Crippen LogP contribution in [0.1, 0.15) is 31.7 Å². The molecule has 158 valence electrons. The third-order valence-corrected chi connectivity index (χ3v) is 5.79. The maximum absolute atomic E-state index is 12.5. The van der Waals surface area contributed by atoms with Gasteiger partial charge in [0.15, 0.2) is 5.65 Å². The van der Waals surface area contributed by atoms with E-state index in [0.717, 1.165) is 36.9 Å². The predicted molar refractivity (Wildman–Crippen MR) is 116 cm³/mol. The van der Waals surface area contributed by atoms with Crippen LogP contribution < -0.4 is 16.4 Å². The normalized spacial score (nSPS) is 18.9. The van der Waals surface area contributed by atoms with E-state index in [1.54, 1.807) is 40.9 Å². The molecule has 0 unspecified atom stereocenters. The molecule has 0 bridgehead atoms. The van der Waals surface area contributed by atoms with Gasteiger partial charge in [0, 0.05) is 37.1 Å². The van der Waals surface area contributed by atoms with Crippen molar-refractivity contribution in [3.05, 3.63) is 63.6 Å². The molecule has 1 fully saturated rings. The largest absolute Gasteiger partial charge is 0.353 e. The number of hydrogen-bond acceptors (Lipinski definition) is 7. The van der Waals surface area contributed by atoms with Crippen molar-refractivity contribution in [3.63, 3.8) is 0 Å². The summed E-state index contributed by atoms with van der Waals surface area (Å²) < 4.78 is 3.19. The molecule has 0 radical (unpaired) electrons. The monoisotopic (exact) mass is 418 g/mol. The van der Waals surface area contributed by atoms with Crippen molar-refractivity contribution < 1.29 is 0 Å². The topological polar surface area (TPSA) is 123 Å². The van der Waals surface area contributed by atoms with Crippen LogP contribution in [0.4, 0.5) is 5.95 Å². The van der Waals surface area contributed by atoms with Crippen molar-refractivity contribution in [2.75, 3.05) is 5.32 Å². The van der Waals surface area contributed by atoms with Crippen LogP contribution in [-0.4, -0.2) is 40.6 Å².